The fourth-order valence-corrected chi connectivity index (χ4v) is 2.88. The molecule has 1 aliphatic rings. The molecule has 0 spiro atoms. The van der Waals surface area contributed by atoms with Gasteiger partial charge >= 0.3 is 6.36 Å². The first-order valence-corrected chi connectivity index (χ1v) is 6.96. The molecule has 112 valence electrons. The lowest BCUT2D eigenvalue weighted by molar-refractivity contribution is -0.274. The lowest BCUT2D eigenvalue weighted by atomic mass is 9.80. The Morgan fingerprint density at radius 1 is 1.15 bits per heavy atom. The molecule has 0 saturated heterocycles. The van der Waals surface area contributed by atoms with E-state index in [1.165, 1.54) is 6.07 Å². The van der Waals surface area contributed by atoms with Crippen molar-refractivity contribution in [3.05, 3.63) is 24.3 Å². The molecule has 1 aromatic carbocycles. The number of nitrogens with one attached hydrogen (secondary N) is 1. The molecule has 1 saturated carbocycles. The Morgan fingerprint density at radius 3 is 2.50 bits per heavy atom. The van der Waals surface area contributed by atoms with E-state index >= 15 is 0 Å². The molecule has 0 heterocycles. The van der Waals surface area contributed by atoms with Crippen molar-refractivity contribution in [2.45, 2.75) is 45.5 Å². The molecule has 0 radical (unpaired) electrons. The quantitative estimate of drug-likeness (QED) is 0.860. The zero-order valence-electron chi connectivity index (χ0n) is 11.7. The lowest BCUT2D eigenvalue weighted by Crippen LogP contribution is -2.33. The number of ether oxygens (including phenoxy) is 1. The Hall–Kier alpha value is -1.39. The van der Waals surface area contributed by atoms with Crippen molar-refractivity contribution in [3.8, 4) is 5.75 Å². The highest BCUT2D eigenvalue weighted by atomic mass is 19.4. The molecule has 20 heavy (non-hydrogen) atoms. The summed E-state index contributed by atoms with van der Waals surface area (Å²) in [5.74, 6) is 0.966. The number of alkyl halides is 3. The number of hydrogen-bond acceptors (Lipinski definition) is 2. The second-order valence-electron chi connectivity index (χ2n) is 5.69. The van der Waals surface area contributed by atoms with Gasteiger partial charge in [0, 0.05) is 6.04 Å². The molecule has 3 unspecified atom stereocenters. The monoisotopic (exact) mass is 287 g/mol. The molecule has 5 heteroatoms. The van der Waals surface area contributed by atoms with Gasteiger partial charge in [-0.1, -0.05) is 26.0 Å². The van der Waals surface area contributed by atoms with E-state index in [4.69, 9.17) is 0 Å². The van der Waals surface area contributed by atoms with Crippen molar-refractivity contribution in [1.82, 2.24) is 0 Å². The SMILES string of the molecule is CC1CCC(Nc2ccccc2OC(F)(F)F)C(C)C1. The maximum absolute atomic E-state index is 12.4. The van der Waals surface area contributed by atoms with E-state index in [1.807, 2.05) is 0 Å². The van der Waals surface area contributed by atoms with Crippen molar-refractivity contribution in [2.75, 3.05) is 5.32 Å². The van der Waals surface area contributed by atoms with Crippen LogP contribution in [0, 0.1) is 11.8 Å². The second kappa shape index (κ2) is 5.94. The standard InChI is InChI=1S/C15H20F3NO/c1-10-7-8-12(11(2)9-10)19-13-5-3-4-6-14(13)20-15(16,17)18/h3-6,10-12,19H,7-9H2,1-2H3. The molecule has 2 rings (SSSR count). The van der Waals surface area contributed by atoms with Crippen molar-refractivity contribution < 1.29 is 17.9 Å². The Bertz CT molecular complexity index is 447. The third-order valence-electron chi connectivity index (χ3n) is 3.89. The number of rotatable bonds is 3. The minimum absolute atomic E-state index is 0.161. The van der Waals surface area contributed by atoms with Gasteiger partial charge in [-0.25, -0.2) is 0 Å². The summed E-state index contributed by atoms with van der Waals surface area (Å²) in [4.78, 5) is 0. The van der Waals surface area contributed by atoms with Crippen LogP contribution in [0.15, 0.2) is 24.3 Å². The molecule has 0 amide bonds. The van der Waals surface area contributed by atoms with E-state index < -0.39 is 6.36 Å². The molecule has 1 aliphatic carbocycles. The zero-order valence-corrected chi connectivity index (χ0v) is 11.7. The first-order chi connectivity index (χ1) is 9.35. The van der Waals surface area contributed by atoms with Crippen LogP contribution in [0.3, 0.4) is 0 Å². The third-order valence-corrected chi connectivity index (χ3v) is 3.89. The summed E-state index contributed by atoms with van der Waals surface area (Å²) in [6.45, 7) is 4.36. The van der Waals surface area contributed by atoms with Crippen molar-refractivity contribution in [1.29, 1.82) is 0 Å². The fourth-order valence-electron chi connectivity index (χ4n) is 2.88. The van der Waals surface area contributed by atoms with Crippen LogP contribution >= 0.6 is 0 Å². The normalized spacial score (nSPS) is 27.1. The maximum Gasteiger partial charge on any atom is 0.573 e. The molecule has 1 N–H and O–H groups in total. The van der Waals surface area contributed by atoms with Gasteiger partial charge in [-0.15, -0.1) is 13.2 Å². The highest BCUT2D eigenvalue weighted by Gasteiger charge is 2.33. The summed E-state index contributed by atoms with van der Waals surface area (Å²) in [7, 11) is 0. The van der Waals surface area contributed by atoms with Crippen LogP contribution in [0.1, 0.15) is 33.1 Å². The van der Waals surface area contributed by atoms with Crippen LogP contribution in [0.5, 0.6) is 5.75 Å². The maximum atomic E-state index is 12.4. The molecule has 1 fully saturated rings. The number of anilines is 1. The smallest absolute Gasteiger partial charge is 0.404 e. The van der Waals surface area contributed by atoms with Gasteiger partial charge in [0.15, 0.2) is 5.75 Å². The highest BCUT2D eigenvalue weighted by molar-refractivity contribution is 5.57. The van der Waals surface area contributed by atoms with Crippen molar-refractivity contribution in [3.63, 3.8) is 0 Å². The van der Waals surface area contributed by atoms with Gasteiger partial charge in [0.25, 0.3) is 0 Å². The van der Waals surface area contributed by atoms with Crippen LogP contribution in [-0.2, 0) is 0 Å². The third kappa shape index (κ3) is 4.05. The average molecular weight is 287 g/mol. The lowest BCUT2D eigenvalue weighted by Gasteiger charge is -2.34. The first-order valence-electron chi connectivity index (χ1n) is 6.96. The molecule has 1 aromatic rings. The Morgan fingerprint density at radius 2 is 1.85 bits per heavy atom. The van der Waals surface area contributed by atoms with Gasteiger partial charge in [0.2, 0.25) is 0 Å². The molecular formula is C15H20F3NO. The van der Waals surface area contributed by atoms with Crippen LogP contribution in [-0.4, -0.2) is 12.4 Å². The summed E-state index contributed by atoms with van der Waals surface area (Å²) in [6, 6.07) is 6.42. The summed E-state index contributed by atoms with van der Waals surface area (Å²) in [5.41, 5.74) is 0.413. The van der Waals surface area contributed by atoms with Crippen molar-refractivity contribution in [2.24, 2.45) is 11.8 Å². The summed E-state index contributed by atoms with van der Waals surface area (Å²) < 4.78 is 41.2. The topological polar surface area (TPSA) is 21.3 Å². The molecular weight excluding hydrogens is 267 g/mol. The number of hydrogen-bond donors (Lipinski definition) is 1. The predicted molar refractivity (Wildman–Crippen MR) is 72.7 cm³/mol. The van der Waals surface area contributed by atoms with Crippen LogP contribution in [0.25, 0.3) is 0 Å². The van der Waals surface area contributed by atoms with Gasteiger partial charge in [0.05, 0.1) is 5.69 Å². The van der Waals surface area contributed by atoms with E-state index in [0.29, 0.717) is 17.5 Å². The van der Waals surface area contributed by atoms with Gasteiger partial charge < -0.3 is 10.1 Å². The second-order valence-corrected chi connectivity index (χ2v) is 5.69. The minimum Gasteiger partial charge on any atom is -0.404 e. The van der Waals surface area contributed by atoms with Gasteiger partial charge in [0.1, 0.15) is 0 Å². The van der Waals surface area contributed by atoms with Gasteiger partial charge in [-0.3, -0.25) is 0 Å². The summed E-state index contributed by atoms with van der Waals surface area (Å²) >= 11 is 0. The zero-order chi connectivity index (χ0) is 14.8. The van der Waals surface area contributed by atoms with Crippen molar-refractivity contribution >= 4 is 5.69 Å². The largest absolute Gasteiger partial charge is 0.573 e. The fraction of sp³-hybridized carbons (Fsp3) is 0.600. The molecule has 0 aliphatic heterocycles. The minimum atomic E-state index is -4.66. The van der Waals surface area contributed by atoms with E-state index in [9.17, 15) is 13.2 Å². The van der Waals surface area contributed by atoms with E-state index in [1.54, 1.807) is 18.2 Å². The summed E-state index contributed by atoms with van der Waals surface area (Å²) in [6.07, 6.45) is -1.49. The highest BCUT2D eigenvalue weighted by Crippen LogP contribution is 2.35. The number of para-hydroxylation sites is 2. The van der Waals surface area contributed by atoms with E-state index in [0.717, 1.165) is 19.3 Å². The Labute approximate surface area is 117 Å². The van der Waals surface area contributed by atoms with Crippen LogP contribution < -0.4 is 10.1 Å². The average Bonchev–Trinajstić information content (AvgIpc) is 2.33. The number of benzene rings is 1. The van der Waals surface area contributed by atoms with E-state index in [-0.39, 0.29) is 11.8 Å². The summed E-state index contributed by atoms with van der Waals surface area (Å²) in [5, 5.41) is 3.22. The van der Waals surface area contributed by atoms with Gasteiger partial charge in [-0.2, -0.15) is 0 Å². The molecule has 0 bridgehead atoms. The number of halogens is 3. The van der Waals surface area contributed by atoms with Gasteiger partial charge in [-0.05, 0) is 43.2 Å². The van der Waals surface area contributed by atoms with Crippen LogP contribution in [0.4, 0.5) is 18.9 Å². The Balaban J connectivity index is 2.09. The van der Waals surface area contributed by atoms with E-state index in [2.05, 4.69) is 23.9 Å². The molecule has 0 aromatic heterocycles. The Kier molecular flexibility index (Phi) is 4.45. The molecule has 3 atom stereocenters. The van der Waals surface area contributed by atoms with Crippen LogP contribution in [0.2, 0.25) is 0 Å². The molecule has 2 nitrogen and oxygen atoms in total. The first kappa shape index (κ1) is 15.0. The predicted octanol–water partition coefficient (Wildman–Crippen LogP) is 4.82.